The molecule has 1 aromatic rings. The SMILES string of the molecule is N#CCN1C(=O)C(=O)N(Cc2ccccc2)C1=O. The van der Waals surface area contributed by atoms with E-state index in [1.807, 2.05) is 6.07 Å². The lowest BCUT2D eigenvalue weighted by molar-refractivity contribution is -0.143. The Morgan fingerprint density at radius 3 is 2.22 bits per heavy atom. The van der Waals surface area contributed by atoms with Crippen molar-refractivity contribution in [2.24, 2.45) is 0 Å². The zero-order chi connectivity index (χ0) is 13.1. The highest BCUT2D eigenvalue weighted by Gasteiger charge is 2.44. The van der Waals surface area contributed by atoms with Gasteiger partial charge in [0.2, 0.25) is 0 Å². The van der Waals surface area contributed by atoms with Crippen molar-refractivity contribution in [3.63, 3.8) is 0 Å². The first-order valence-electron chi connectivity index (χ1n) is 5.23. The molecule has 1 saturated heterocycles. The number of rotatable bonds is 3. The van der Waals surface area contributed by atoms with E-state index in [0.717, 1.165) is 10.5 Å². The van der Waals surface area contributed by atoms with E-state index in [1.165, 1.54) is 0 Å². The average Bonchev–Trinajstić information content (AvgIpc) is 2.58. The van der Waals surface area contributed by atoms with Crippen LogP contribution in [0.3, 0.4) is 0 Å². The Morgan fingerprint density at radius 2 is 1.61 bits per heavy atom. The van der Waals surface area contributed by atoms with Gasteiger partial charge < -0.3 is 0 Å². The van der Waals surface area contributed by atoms with Gasteiger partial charge in [0.15, 0.2) is 0 Å². The molecule has 6 heteroatoms. The van der Waals surface area contributed by atoms with E-state index in [-0.39, 0.29) is 6.54 Å². The first-order valence-corrected chi connectivity index (χ1v) is 5.23. The summed E-state index contributed by atoms with van der Waals surface area (Å²) in [4.78, 5) is 36.3. The summed E-state index contributed by atoms with van der Waals surface area (Å²) in [6, 6.07) is 9.79. The number of amides is 4. The summed E-state index contributed by atoms with van der Waals surface area (Å²) >= 11 is 0. The van der Waals surface area contributed by atoms with E-state index in [4.69, 9.17) is 5.26 Å². The lowest BCUT2D eigenvalue weighted by Crippen LogP contribution is -2.33. The van der Waals surface area contributed by atoms with Gasteiger partial charge in [0, 0.05) is 0 Å². The van der Waals surface area contributed by atoms with Gasteiger partial charge in [-0.3, -0.25) is 14.5 Å². The molecule has 0 aromatic heterocycles. The maximum absolute atomic E-state index is 11.8. The highest BCUT2D eigenvalue weighted by molar-refractivity contribution is 6.44. The number of urea groups is 1. The van der Waals surface area contributed by atoms with Gasteiger partial charge in [-0.1, -0.05) is 30.3 Å². The average molecular weight is 243 g/mol. The van der Waals surface area contributed by atoms with Gasteiger partial charge in [-0.2, -0.15) is 5.26 Å². The van der Waals surface area contributed by atoms with Crippen LogP contribution in [0.2, 0.25) is 0 Å². The van der Waals surface area contributed by atoms with Crippen molar-refractivity contribution in [2.45, 2.75) is 6.54 Å². The van der Waals surface area contributed by atoms with Crippen LogP contribution in [0.1, 0.15) is 5.56 Å². The summed E-state index contributed by atoms with van der Waals surface area (Å²) in [6.07, 6.45) is 0. The molecular weight excluding hydrogens is 234 g/mol. The third-order valence-electron chi connectivity index (χ3n) is 2.55. The summed E-state index contributed by atoms with van der Waals surface area (Å²) in [7, 11) is 0. The van der Waals surface area contributed by atoms with Crippen molar-refractivity contribution < 1.29 is 14.4 Å². The molecule has 0 atom stereocenters. The first-order chi connectivity index (χ1) is 8.65. The topological polar surface area (TPSA) is 81.5 Å². The molecule has 0 spiro atoms. The summed E-state index contributed by atoms with van der Waals surface area (Å²) < 4.78 is 0. The van der Waals surface area contributed by atoms with Crippen LogP contribution < -0.4 is 0 Å². The minimum Gasteiger partial charge on any atom is -0.263 e. The van der Waals surface area contributed by atoms with Crippen molar-refractivity contribution in [1.29, 1.82) is 5.26 Å². The minimum atomic E-state index is -0.947. The highest BCUT2D eigenvalue weighted by Crippen LogP contribution is 2.15. The van der Waals surface area contributed by atoms with Crippen LogP contribution in [0, 0.1) is 11.3 Å². The largest absolute Gasteiger partial charge is 0.335 e. The van der Waals surface area contributed by atoms with Crippen molar-refractivity contribution >= 4 is 17.8 Å². The first kappa shape index (κ1) is 11.8. The lowest BCUT2D eigenvalue weighted by atomic mass is 10.2. The second-order valence-corrected chi connectivity index (χ2v) is 3.71. The third kappa shape index (κ3) is 1.94. The molecule has 1 aromatic carbocycles. The van der Waals surface area contributed by atoms with E-state index in [9.17, 15) is 14.4 Å². The van der Waals surface area contributed by atoms with Crippen LogP contribution in [0.4, 0.5) is 4.79 Å². The van der Waals surface area contributed by atoms with Crippen LogP contribution in [0.25, 0.3) is 0 Å². The van der Waals surface area contributed by atoms with Crippen LogP contribution in [0.5, 0.6) is 0 Å². The molecule has 1 aliphatic rings. The van der Waals surface area contributed by atoms with Crippen molar-refractivity contribution in [3.8, 4) is 6.07 Å². The number of nitriles is 1. The molecule has 18 heavy (non-hydrogen) atoms. The van der Waals surface area contributed by atoms with E-state index in [1.54, 1.807) is 30.3 Å². The fourth-order valence-electron chi connectivity index (χ4n) is 1.67. The van der Waals surface area contributed by atoms with Crippen LogP contribution in [0.15, 0.2) is 30.3 Å². The van der Waals surface area contributed by atoms with E-state index in [2.05, 4.69) is 0 Å². The molecule has 4 amide bonds. The fraction of sp³-hybridized carbons (Fsp3) is 0.167. The van der Waals surface area contributed by atoms with Gasteiger partial charge in [-0.25, -0.2) is 9.69 Å². The molecule has 0 bridgehead atoms. The monoisotopic (exact) mass is 243 g/mol. The summed E-state index contributed by atoms with van der Waals surface area (Å²) in [5.74, 6) is -1.84. The summed E-state index contributed by atoms with van der Waals surface area (Å²) in [6.45, 7) is -0.374. The zero-order valence-corrected chi connectivity index (χ0v) is 9.37. The maximum Gasteiger partial charge on any atom is 0.335 e. The molecule has 0 aliphatic carbocycles. The standard InChI is InChI=1S/C12H9N3O3/c13-6-7-14-10(16)11(17)15(12(14)18)8-9-4-2-1-3-5-9/h1-5H,7-8H2. The van der Waals surface area contributed by atoms with E-state index < -0.39 is 24.4 Å². The molecule has 0 saturated carbocycles. The minimum absolute atomic E-state index is 0.0339. The number of imide groups is 2. The number of carbonyl (C=O) groups is 3. The molecule has 0 N–H and O–H groups in total. The maximum atomic E-state index is 11.8. The lowest BCUT2D eigenvalue weighted by Gasteiger charge is -2.13. The summed E-state index contributed by atoms with van der Waals surface area (Å²) in [5, 5.41) is 8.50. The predicted octanol–water partition coefficient (Wildman–Crippen LogP) is 0.501. The predicted molar refractivity (Wildman–Crippen MR) is 59.7 cm³/mol. The number of nitrogens with zero attached hydrogens (tertiary/aromatic N) is 3. The Kier molecular flexibility index (Phi) is 3.06. The normalized spacial score (nSPS) is 15.2. The fourth-order valence-corrected chi connectivity index (χ4v) is 1.67. The van der Waals surface area contributed by atoms with Crippen molar-refractivity contribution in [1.82, 2.24) is 9.80 Å². The number of benzene rings is 1. The quantitative estimate of drug-likeness (QED) is 0.440. The molecule has 90 valence electrons. The van der Waals surface area contributed by atoms with Gasteiger partial charge in [0.25, 0.3) is 0 Å². The second kappa shape index (κ2) is 4.67. The van der Waals surface area contributed by atoms with Gasteiger partial charge in [-0.05, 0) is 5.56 Å². The smallest absolute Gasteiger partial charge is 0.263 e. The summed E-state index contributed by atoms with van der Waals surface area (Å²) in [5.41, 5.74) is 0.741. The molecule has 6 nitrogen and oxygen atoms in total. The van der Waals surface area contributed by atoms with Crippen molar-refractivity contribution in [2.75, 3.05) is 6.54 Å². The molecular formula is C12H9N3O3. The molecule has 2 rings (SSSR count). The van der Waals surface area contributed by atoms with Crippen LogP contribution in [-0.4, -0.2) is 34.2 Å². The zero-order valence-electron chi connectivity index (χ0n) is 9.37. The van der Waals surface area contributed by atoms with Crippen molar-refractivity contribution in [3.05, 3.63) is 35.9 Å². The number of hydrogen-bond acceptors (Lipinski definition) is 4. The third-order valence-corrected chi connectivity index (χ3v) is 2.55. The number of carbonyl (C=O) groups excluding carboxylic acids is 3. The molecule has 1 fully saturated rings. The number of hydrogen-bond donors (Lipinski definition) is 0. The Bertz CT molecular complexity index is 547. The van der Waals surface area contributed by atoms with Gasteiger partial charge in [0.05, 0.1) is 12.6 Å². The Labute approximate surface area is 103 Å². The van der Waals surface area contributed by atoms with E-state index >= 15 is 0 Å². The van der Waals surface area contributed by atoms with E-state index in [0.29, 0.717) is 4.90 Å². The molecule has 1 heterocycles. The molecule has 1 aliphatic heterocycles. The molecule has 0 unspecified atom stereocenters. The van der Waals surface area contributed by atoms with Gasteiger partial charge in [0.1, 0.15) is 6.54 Å². The molecule has 0 radical (unpaired) electrons. The van der Waals surface area contributed by atoms with Crippen LogP contribution >= 0.6 is 0 Å². The van der Waals surface area contributed by atoms with Gasteiger partial charge >= 0.3 is 17.8 Å². The Morgan fingerprint density at radius 1 is 1.00 bits per heavy atom. The highest BCUT2D eigenvalue weighted by atomic mass is 16.2. The van der Waals surface area contributed by atoms with Gasteiger partial charge in [-0.15, -0.1) is 0 Å². The Hall–Kier alpha value is -2.68. The second-order valence-electron chi connectivity index (χ2n) is 3.71. The Balaban J connectivity index is 2.20. The van der Waals surface area contributed by atoms with Crippen LogP contribution in [-0.2, 0) is 16.1 Å².